The van der Waals surface area contributed by atoms with Crippen molar-refractivity contribution in [2.45, 2.75) is 106 Å². The fraction of sp³-hybridized carbons (Fsp3) is 0.528. The lowest BCUT2D eigenvalue weighted by molar-refractivity contribution is -0.157. The summed E-state index contributed by atoms with van der Waals surface area (Å²) in [7, 11) is 5.33. The summed E-state index contributed by atoms with van der Waals surface area (Å²) >= 11 is 1.73. The first-order valence-electron chi connectivity index (χ1n) is 25.3. The lowest BCUT2D eigenvalue weighted by Crippen LogP contribution is -2.63. The normalized spacial score (nSPS) is 29.5. The Balaban J connectivity index is 1.19. The van der Waals surface area contributed by atoms with E-state index in [1.165, 1.54) is 47.0 Å². The van der Waals surface area contributed by atoms with Crippen LogP contribution in [0, 0.1) is 11.8 Å². The number of thioether (sulfide) groups is 1. The Kier molecular flexibility index (Phi) is 16.7. The van der Waals surface area contributed by atoms with Crippen molar-refractivity contribution in [1.82, 2.24) is 40.5 Å². The minimum atomic E-state index is -1.69. The number of hydrogen-bond acceptors (Lipinski definition) is 14. The molecule has 3 aromatic rings. The number of aromatic nitrogens is 1. The Labute approximate surface area is 430 Å². The quantitative estimate of drug-likeness (QED) is 0.214. The zero-order valence-electron chi connectivity index (χ0n) is 42.1. The fourth-order valence-corrected chi connectivity index (χ4v) is 12.4. The molecule has 6 saturated heterocycles. The van der Waals surface area contributed by atoms with Crippen molar-refractivity contribution in [2.75, 3.05) is 64.5 Å². The molecule has 73 heavy (non-hydrogen) atoms. The van der Waals surface area contributed by atoms with E-state index in [4.69, 9.17) is 4.74 Å². The Morgan fingerprint density at radius 3 is 2.23 bits per heavy atom. The number of likely N-dealkylation sites (N-methyl/N-ethyl adjacent to an activating group) is 1. The van der Waals surface area contributed by atoms with E-state index in [1.807, 2.05) is 43.3 Å². The third-order valence-electron chi connectivity index (χ3n) is 15.2. The highest BCUT2D eigenvalue weighted by Gasteiger charge is 2.48. The van der Waals surface area contributed by atoms with E-state index in [1.54, 1.807) is 49.0 Å². The molecule has 4 N–H and O–H groups in total. The number of cyclic esters (lactones) is 1. The predicted molar refractivity (Wildman–Crippen MR) is 272 cm³/mol. The minimum absolute atomic E-state index is 0.0289. The number of pyridine rings is 1. The van der Waals surface area contributed by atoms with Crippen LogP contribution in [0.2, 0.25) is 0 Å². The molecular weight excluding hydrogens is 955 g/mol. The number of benzene rings is 2. The molecule has 19 nitrogen and oxygen atoms in total. The minimum Gasteiger partial charge on any atom is -0.505 e. The monoisotopic (exact) mass is 1020 g/mol. The number of piperidine rings is 4. The smallest absolute Gasteiger partial charge is 0.333 e. The van der Waals surface area contributed by atoms with Crippen LogP contribution in [0.5, 0.6) is 5.75 Å². The average Bonchev–Trinajstić information content (AvgIpc) is 3.89. The van der Waals surface area contributed by atoms with Gasteiger partial charge in [-0.25, -0.2) is 9.78 Å². The Bertz CT molecular complexity index is 2540. The summed E-state index contributed by atoms with van der Waals surface area (Å²) in [5.41, 5.74) is 1.49. The van der Waals surface area contributed by atoms with Gasteiger partial charge in [0.15, 0.2) is 11.7 Å². The number of nitrogens with one attached hydrogen (secondary N) is 3. The van der Waals surface area contributed by atoms with Gasteiger partial charge in [0.2, 0.25) is 29.5 Å². The second-order valence-corrected chi connectivity index (χ2v) is 21.4. The molecule has 2 aromatic carbocycles. The second-order valence-electron chi connectivity index (χ2n) is 20.1. The summed E-state index contributed by atoms with van der Waals surface area (Å²) in [4.78, 5) is 130. The van der Waals surface area contributed by atoms with E-state index in [9.17, 15) is 29.1 Å². The van der Waals surface area contributed by atoms with Crippen molar-refractivity contribution in [2.24, 2.45) is 11.8 Å². The highest BCUT2D eigenvalue weighted by Crippen LogP contribution is 2.37. The highest BCUT2D eigenvalue weighted by molar-refractivity contribution is 8.00. The number of carbonyl (C=O) groups excluding carboxylic acids is 8. The van der Waals surface area contributed by atoms with Crippen molar-refractivity contribution in [3.63, 3.8) is 0 Å². The summed E-state index contributed by atoms with van der Waals surface area (Å²) in [6.07, 6.45) is 2.40. The van der Waals surface area contributed by atoms with E-state index in [-0.39, 0.29) is 50.1 Å². The van der Waals surface area contributed by atoms with Gasteiger partial charge in [-0.3, -0.25) is 33.6 Å². The number of ether oxygens (including phenoxy) is 1. The predicted octanol–water partition coefficient (Wildman–Crippen LogP) is 2.32. The number of Topliss-reactive ketones (excluding diaryl/α,β-unsaturated/α-hetero) is 1. The van der Waals surface area contributed by atoms with Crippen LogP contribution in [0.3, 0.4) is 0 Å². The van der Waals surface area contributed by atoms with Gasteiger partial charge in [-0.05, 0) is 93.4 Å². The number of carbonyl (C=O) groups is 8. The number of esters is 1. The number of fused-ring (bicyclic) bond motifs is 5. The molecule has 6 amide bonds. The molecule has 0 radical (unpaired) electrons. The van der Waals surface area contributed by atoms with Crippen molar-refractivity contribution in [3.05, 3.63) is 89.7 Å². The molecule has 0 saturated carbocycles. The molecule has 6 aliphatic rings. The van der Waals surface area contributed by atoms with Crippen LogP contribution in [0.4, 0.5) is 5.69 Å². The second kappa shape index (κ2) is 23.1. The zero-order valence-corrected chi connectivity index (χ0v) is 42.9. The molecule has 390 valence electrons. The van der Waals surface area contributed by atoms with Crippen LogP contribution in [0.25, 0.3) is 0 Å². The molecule has 20 heteroatoms. The Morgan fingerprint density at radius 2 is 1.58 bits per heavy atom. The van der Waals surface area contributed by atoms with Crippen LogP contribution in [-0.4, -0.2) is 178 Å². The molecule has 2 bridgehead atoms. The molecule has 6 fully saturated rings. The van der Waals surface area contributed by atoms with Gasteiger partial charge in [0.25, 0.3) is 5.91 Å². The molecule has 0 spiro atoms. The summed E-state index contributed by atoms with van der Waals surface area (Å²) in [5, 5.41) is 18.8. The first kappa shape index (κ1) is 52.8. The molecule has 1 unspecified atom stereocenters. The zero-order chi connectivity index (χ0) is 52.1. The van der Waals surface area contributed by atoms with Crippen LogP contribution < -0.4 is 20.9 Å². The summed E-state index contributed by atoms with van der Waals surface area (Å²) in [6.45, 7) is 6.11. The first-order valence-corrected chi connectivity index (χ1v) is 26.4. The molecule has 6 aliphatic heterocycles. The van der Waals surface area contributed by atoms with Crippen molar-refractivity contribution in [3.8, 4) is 5.75 Å². The van der Waals surface area contributed by atoms with E-state index in [0.29, 0.717) is 23.3 Å². The lowest BCUT2D eigenvalue weighted by Gasteiger charge is -2.45. The van der Waals surface area contributed by atoms with Gasteiger partial charge in [-0.1, -0.05) is 49.4 Å². The summed E-state index contributed by atoms with van der Waals surface area (Å²) in [6, 6.07) is 10.3. The van der Waals surface area contributed by atoms with E-state index < -0.39 is 101 Å². The number of hydrogen-bond donors (Lipinski definition) is 4. The average molecular weight is 1020 g/mol. The van der Waals surface area contributed by atoms with Crippen LogP contribution in [0.1, 0.15) is 80.0 Å². The van der Waals surface area contributed by atoms with Gasteiger partial charge in [-0.2, -0.15) is 11.8 Å². The molecular formula is C53H67N9O10S. The van der Waals surface area contributed by atoms with E-state index in [0.717, 1.165) is 43.7 Å². The fourth-order valence-electron chi connectivity index (χ4n) is 10.8. The maximum atomic E-state index is 15.7. The third kappa shape index (κ3) is 11.8. The van der Waals surface area contributed by atoms with Gasteiger partial charge >= 0.3 is 5.97 Å². The van der Waals surface area contributed by atoms with Crippen LogP contribution in [0.15, 0.2) is 72.9 Å². The first-order chi connectivity index (χ1) is 35.0. The van der Waals surface area contributed by atoms with E-state index in [2.05, 4.69) is 25.8 Å². The van der Waals surface area contributed by atoms with Crippen LogP contribution >= 0.6 is 11.8 Å². The van der Waals surface area contributed by atoms with Gasteiger partial charge in [0.05, 0.1) is 0 Å². The Morgan fingerprint density at radius 1 is 0.849 bits per heavy atom. The standard InChI is InChI=1S/C53H67N9O10S/c1-6-37-50(68)61-23-11-14-38(61)51(69)59(5)40(26-32-16-18-36(19-17-32)58(3)4)52(70)62-28-35(30-73-43-29-60-24-20-33(43)21-25-60)42(64)27-39(62)47(65)57-45(34-12-8-7-9-13-34)53(71)72-31(2)44(48(66)55-37)56-49(67)46-41(63)15-10-22-54-46/h7-10,12-13,15-19,22,31,33,35,37-40,43-45,63H,6,11,14,20-21,23-30H2,1-5H3,(H,55,66)(H,56,67)(H,57,65)/t31-,35+,37-,38+,39?,40+,43-,44+,45+/m1/s1. The van der Waals surface area contributed by atoms with Gasteiger partial charge in [0, 0.05) is 82.4 Å². The summed E-state index contributed by atoms with van der Waals surface area (Å²) < 4.78 is 5.97. The molecule has 9 atom stereocenters. The summed E-state index contributed by atoms with van der Waals surface area (Å²) in [5.74, 6) is -5.83. The molecule has 7 heterocycles. The van der Waals surface area contributed by atoms with Crippen molar-refractivity contribution < 1.29 is 48.2 Å². The largest absolute Gasteiger partial charge is 0.505 e. The van der Waals surface area contributed by atoms with Crippen molar-refractivity contribution >= 4 is 64.6 Å². The van der Waals surface area contributed by atoms with Crippen LogP contribution in [-0.2, 0) is 44.7 Å². The van der Waals surface area contributed by atoms with Crippen molar-refractivity contribution in [1.29, 1.82) is 0 Å². The number of rotatable bonds is 10. The molecule has 9 rings (SSSR count). The third-order valence-corrected chi connectivity index (χ3v) is 16.7. The van der Waals surface area contributed by atoms with Gasteiger partial charge in [0.1, 0.15) is 47.8 Å². The number of amides is 6. The molecule has 1 aromatic heterocycles. The number of aromatic hydroxyl groups is 1. The van der Waals surface area contributed by atoms with Gasteiger partial charge in [-0.15, -0.1) is 0 Å². The molecule has 0 aliphatic carbocycles. The SMILES string of the molecule is CC[C@H]1NC(=O)[C@@H](NC(=O)c2ncccc2O)[C@@H](C)OC(=O)[C@H](c2ccccc2)NC(=O)C2CC(=O)[C@H](CS[C@@H]3CN4CCC3CC4)CN2C(=O)[C@H](Cc2ccc(N(C)C)cc2)N(C)C(=O)[C@@H]2CCCN2C1=O. The number of ketones is 1. The van der Waals surface area contributed by atoms with E-state index >= 15 is 14.4 Å². The van der Waals surface area contributed by atoms with Gasteiger partial charge < -0.3 is 50.3 Å². The maximum absolute atomic E-state index is 15.7. The number of nitrogens with zero attached hydrogens (tertiary/aromatic N) is 6. The number of anilines is 1. The lowest BCUT2D eigenvalue weighted by atomic mass is 9.88. The Hall–Kier alpha value is -6.54. The maximum Gasteiger partial charge on any atom is 0.333 e. The topological polar surface area (TPSA) is 231 Å². The highest BCUT2D eigenvalue weighted by atomic mass is 32.2.